The number of hydrogen-bond acceptors (Lipinski definition) is 3. The van der Waals surface area contributed by atoms with E-state index in [9.17, 15) is 4.79 Å². The summed E-state index contributed by atoms with van der Waals surface area (Å²) in [7, 11) is 1.49. The van der Waals surface area contributed by atoms with Gasteiger partial charge in [-0.05, 0) is 12.1 Å². The summed E-state index contributed by atoms with van der Waals surface area (Å²) in [5, 5.41) is 3.57. The molecule has 1 aromatic carbocycles. The van der Waals surface area contributed by atoms with Crippen LogP contribution in [0.15, 0.2) is 12.1 Å². The molecule has 0 saturated carbocycles. The highest BCUT2D eigenvalue weighted by Gasteiger charge is 2.15. The second-order valence-corrected chi connectivity index (χ2v) is 4.84. The largest absolute Gasteiger partial charge is 0.380 e. The van der Waals surface area contributed by atoms with Gasteiger partial charge in [-0.15, -0.1) is 0 Å². The minimum absolute atomic E-state index is 0.127. The van der Waals surface area contributed by atoms with Crippen molar-refractivity contribution in [2.45, 2.75) is 12.5 Å². The highest BCUT2D eigenvalue weighted by molar-refractivity contribution is 6.42. The van der Waals surface area contributed by atoms with E-state index in [0.29, 0.717) is 10.7 Å². The van der Waals surface area contributed by atoms with E-state index >= 15 is 0 Å². The molecule has 0 fully saturated rings. The topological polar surface area (TPSA) is 64.3 Å². The molecule has 0 aliphatic carbocycles. The molecule has 18 heavy (non-hydrogen) atoms. The number of nitrogens with two attached hydrogens (primary N) is 1. The number of anilines is 1. The van der Waals surface area contributed by atoms with E-state index in [0.717, 1.165) is 0 Å². The van der Waals surface area contributed by atoms with Crippen molar-refractivity contribution in [2.75, 3.05) is 19.0 Å². The second kappa shape index (κ2) is 7.16. The van der Waals surface area contributed by atoms with Crippen molar-refractivity contribution in [3.05, 3.63) is 27.2 Å². The number of methoxy groups -OCH3 is 1. The lowest BCUT2D eigenvalue weighted by molar-refractivity contribution is -0.118. The lowest BCUT2D eigenvalue weighted by Gasteiger charge is -2.14. The fourth-order valence-corrected chi connectivity index (χ4v) is 2.23. The molecule has 0 saturated heterocycles. The molecular weight excluding hydrogens is 298 g/mol. The SMILES string of the molecule is COC(CN)CC(=O)Nc1c(Cl)cc(Cl)cc1Cl. The van der Waals surface area contributed by atoms with Gasteiger partial charge in [0, 0.05) is 18.7 Å². The van der Waals surface area contributed by atoms with Crippen LogP contribution in [0.25, 0.3) is 0 Å². The highest BCUT2D eigenvalue weighted by atomic mass is 35.5. The molecule has 1 atom stereocenters. The van der Waals surface area contributed by atoms with Crippen LogP contribution in [-0.4, -0.2) is 25.7 Å². The Kier molecular flexibility index (Phi) is 6.18. The third kappa shape index (κ3) is 4.30. The number of amides is 1. The van der Waals surface area contributed by atoms with E-state index in [1.807, 2.05) is 0 Å². The fraction of sp³-hybridized carbons (Fsp3) is 0.364. The number of nitrogens with one attached hydrogen (secondary N) is 1. The molecule has 0 radical (unpaired) electrons. The molecular formula is C11H13Cl3N2O2. The van der Waals surface area contributed by atoms with Gasteiger partial charge in [0.25, 0.3) is 0 Å². The molecule has 1 aromatic rings. The summed E-state index contributed by atoms with van der Waals surface area (Å²) in [6, 6.07) is 3.00. The average molecular weight is 312 g/mol. The van der Waals surface area contributed by atoms with Gasteiger partial charge in [-0.3, -0.25) is 4.79 Å². The maximum Gasteiger partial charge on any atom is 0.227 e. The molecule has 3 N–H and O–H groups in total. The molecule has 1 unspecified atom stereocenters. The smallest absolute Gasteiger partial charge is 0.227 e. The summed E-state index contributed by atoms with van der Waals surface area (Å²) in [6.07, 6.45) is -0.211. The summed E-state index contributed by atoms with van der Waals surface area (Å²) in [4.78, 5) is 11.7. The third-order valence-electron chi connectivity index (χ3n) is 2.28. The Balaban J connectivity index is 2.76. The van der Waals surface area contributed by atoms with Crippen LogP contribution in [0.1, 0.15) is 6.42 Å². The summed E-state index contributed by atoms with van der Waals surface area (Å²) < 4.78 is 5.01. The number of halogens is 3. The van der Waals surface area contributed by atoms with Crippen LogP contribution in [-0.2, 0) is 9.53 Å². The van der Waals surface area contributed by atoms with Crippen molar-refractivity contribution >= 4 is 46.4 Å². The Labute approximate surface area is 120 Å². The van der Waals surface area contributed by atoms with Crippen LogP contribution in [0.4, 0.5) is 5.69 Å². The monoisotopic (exact) mass is 310 g/mol. The van der Waals surface area contributed by atoms with Gasteiger partial charge in [0.2, 0.25) is 5.91 Å². The standard InChI is InChI=1S/C11H13Cl3N2O2/c1-18-7(5-15)4-10(17)16-11-8(13)2-6(12)3-9(11)14/h2-3,7H,4-5,15H2,1H3,(H,16,17). The van der Waals surface area contributed by atoms with Crippen LogP contribution >= 0.6 is 34.8 Å². The molecule has 0 heterocycles. The molecule has 0 spiro atoms. The molecule has 0 bridgehead atoms. The minimum atomic E-state index is -0.338. The summed E-state index contributed by atoms with van der Waals surface area (Å²) in [6.45, 7) is 0.256. The van der Waals surface area contributed by atoms with Crippen LogP contribution in [0.3, 0.4) is 0 Å². The third-order valence-corrected chi connectivity index (χ3v) is 3.09. The Morgan fingerprint density at radius 2 is 1.94 bits per heavy atom. The summed E-state index contributed by atoms with van der Waals surface area (Å²) in [5.41, 5.74) is 5.76. The van der Waals surface area contributed by atoms with Crippen LogP contribution in [0, 0.1) is 0 Å². The number of hydrogen-bond donors (Lipinski definition) is 2. The Hall–Kier alpha value is -0.520. The van der Waals surface area contributed by atoms with Crippen molar-refractivity contribution in [2.24, 2.45) is 5.73 Å². The van der Waals surface area contributed by atoms with Gasteiger partial charge in [0.05, 0.1) is 28.3 Å². The summed E-state index contributed by atoms with van der Waals surface area (Å²) >= 11 is 17.7. The first-order valence-electron chi connectivity index (χ1n) is 5.15. The van der Waals surface area contributed by atoms with E-state index in [2.05, 4.69) is 5.32 Å². The molecule has 7 heteroatoms. The van der Waals surface area contributed by atoms with E-state index in [-0.39, 0.29) is 35.0 Å². The lowest BCUT2D eigenvalue weighted by Crippen LogP contribution is -2.28. The number of benzene rings is 1. The molecule has 0 aliphatic rings. The van der Waals surface area contributed by atoms with Crippen LogP contribution in [0.5, 0.6) is 0 Å². The Morgan fingerprint density at radius 3 is 2.39 bits per heavy atom. The normalized spacial score (nSPS) is 12.3. The second-order valence-electron chi connectivity index (χ2n) is 3.59. The Morgan fingerprint density at radius 1 is 1.39 bits per heavy atom. The number of ether oxygens (including phenoxy) is 1. The van der Waals surface area contributed by atoms with E-state index < -0.39 is 0 Å². The van der Waals surface area contributed by atoms with Gasteiger partial charge in [0.15, 0.2) is 0 Å². The molecule has 100 valence electrons. The molecule has 0 aromatic heterocycles. The molecule has 0 aliphatic heterocycles. The zero-order chi connectivity index (χ0) is 13.7. The van der Waals surface area contributed by atoms with Gasteiger partial charge < -0.3 is 15.8 Å². The Bertz CT molecular complexity index is 413. The molecule has 1 rings (SSSR count). The van der Waals surface area contributed by atoms with Crippen LogP contribution in [0.2, 0.25) is 15.1 Å². The maximum atomic E-state index is 11.7. The van der Waals surface area contributed by atoms with Gasteiger partial charge >= 0.3 is 0 Å². The maximum absolute atomic E-state index is 11.7. The average Bonchev–Trinajstić information content (AvgIpc) is 2.30. The van der Waals surface area contributed by atoms with Gasteiger partial charge in [0.1, 0.15) is 0 Å². The van der Waals surface area contributed by atoms with E-state index in [4.69, 9.17) is 45.3 Å². The van der Waals surface area contributed by atoms with Crippen molar-refractivity contribution in [3.8, 4) is 0 Å². The first-order chi connectivity index (χ1) is 8.47. The zero-order valence-corrected chi connectivity index (χ0v) is 11.9. The molecule has 4 nitrogen and oxygen atoms in total. The minimum Gasteiger partial charge on any atom is -0.380 e. The van der Waals surface area contributed by atoms with Crippen molar-refractivity contribution in [1.29, 1.82) is 0 Å². The van der Waals surface area contributed by atoms with Gasteiger partial charge in [-0.2, -0.15) is 0 Å². The van der Waals surface area contributed by atoms with Crippen molar-refractivity contribution in [1.82, 2.24) is 0 Å². The highest BCUT2D eigenvalue weighted by Crippen LogP contribution is 2.33. The van der Waals surface area contributed by atoms with Crippen LogP contribution < -0.4 is 11.1 Å². The fourth-order valence-electron chi connectivity index (χ4n) is 1.32. The first-order valence-corrected chi connectivity index (χ1v) is 6.28. The molecule has 1 amide bonds. The van der Waals surface area contributed by atoms with Gasteiger partial charge in [-0.25, -0.2) is 0 Å². The number of carbonyl (C=O) groups is 1. The summed E-state index contributed by atoms with van der Waals surface area (Å²) in [5.74, 6) is -0.279. The van der Waals surface area contributed by atoms with Gasteiger partial charge in [-0.1, -0.05) is 34.8 Å². The zero-order valence-electron chi connectivity index (χ0n) is 9.67. The van der Waals surface area contributed by atoms with Crippen molar-refractivity contribution < 1.29 is 9.53 Å². The lowest BCUT2D eigenvalue weighted by atomic mass is 10.2. The first kappa shape index (κ1) is 15.5. The number of carbonyl (C=O) groups excluding carboxylic acids is 1. The predicted octanol–water partition coefficient (Wildman–Crippen LogP) is 2.95. The van der Waals surface area contributed by atoms with Crippen molar-refractivity contribution in [3.63, 3.8) is 0 Å². The van der Waals surface area contributed by atoms with E-state index in [1.165, 1.54) is 19.2 Å². The van der Waals surface area contributed by atoms with E-state index in [1.54, 1.807) is 0 Å². The number of rotatable bonds is 5. The quantitative estimate of drug-likeness (QED) is 0.878. The predicted molar refractivity (Wildman–Crippen MR) is 74.6 cm³/mol.